The van der Waals surface area contributed by atoms with Crippen LogP contribution in [0.15, 0.2) is 64.0 Å². The molecule has 0 aromatic heterocycles. The van der Waals surface area contributed by atoms with Gasteiger partial charge in [-0.2, -0.15) is 5.26 Å². The number of sulfonamides is 1. The number of primary sulfonamides is 1. The standard InChI is InChI=1S/C22H17BrClN3O4S/c1-13-8-15(12-25)3-6-20(13)31-21-7-2-14(9-17(21)23)10-22(28)27-19-5-4-16(11-18(19)24)32(26,29)30/h2-9,11H,10H2,1H3,(H,27,28)(H2,26,29,30). The van der Waals surface area contributed by atoms with Crippen molar-refractivity contribution < 1.29 is 17.9 Å². The van der Waals surface area contributed by atoms with Crippen LogP contribution in [0.2, 0.25) is 5.02 Å². The van der Waals surface area contributed by atoms with Gasteiger partial charge in [0.05, 0.1) is 38.1 Å². The molecule has 0 aliphatic rings. The summed E-state index contributed by atoms with van der Waals surface area (Å²) in [4.78, 5) is 12.3. The average Bonchev–Trinajstić information content (AvgIpc) is 2.72. The van der Waals surface area contributed by atoms with Crippen molar-refractivity contribution in [2.75, 3.05) is 5.32 Å². The lowest BCUT2D eigenvalue weighted by Gasteiger charge is -2.12. The molecule has 3 N–H and O–H groups in total. The average molecular weight is 535 g/mol. The van der Waals surface area contributed by atoms with Crippen molar-refractivity contribution in [3.63, 3.8) is 0 Å². The first kappa shape index (κ1) is 23.8. The lowest BCUT2D eigenvalue weighted by Crippen LogP contribution is -2.16. The molecule has 0 aliphatic carbocycles. The molecule has 0 bridgehead atoms. The van der Waals surface area contributed by atoms with E-state index in [9.17, 15) is 13.2 Å². The fourth-order valence-electron chi connectivity index (χ4n) is 2.84. The molecule has 3 aromatic carbocycles. The van der Waals surface area contributed by atoms with Crippen LogP contribution in [0, 0.1) is 18.3 Å². The minimum atomic E-state index is -3.89. The van der Waals surface area contributed by atoms with E-state index >= 15 is 0 Å². The van der Waals surface area contributed by atoms with Crippen LogP contribution in [-0.2, 0) is 21.2 Å². The van der Waals surface area contributed by atoms with Crippen LogP contribution in [0.4, 0.5) is 5.69 Å². The van der Waals surface area contributed by atoms with Gasteiger partial charge in [-0.15, -0.1) is 0 Å². The molecular weight excluding hydrogens is 518 g/mol. The number of benzene rings is 3. The van der Waals surface area contributed by atoms with Gasteiger partial charge in [0.25, 0.3) is 0 Å². The smallest absolute Gasteiger partial charge is 0.238 e. The van der Waals surface area contributed by atoms with Crippen molar-refractivity contribution >= 4 is 49.1 Å². The van der Waals surface area contributed by atoms with Gasteiger partial charge in [-0.3, -0.25) is 4.79 Å². The molecule has 3 aromatic rings. The monoisotopic (exact) mass is 533 g/mol. The number of rotatable bonds is 6. The molecule has 7 nitrogen and oxygen atoms in total. The molecular formula is C22H17BrClN3O4S. The van der Waals surface area contributed by atoms with Crippen LogP contribution in [-0.4, -0.2) is 14.3 Å². The molecule has 0 saturated heterocycles. The van der Waals surface area contributed by atoms with Crippen molar-refractivity contribution in [3.05, 3.63) is 80.8 Å². The first-order chi connectivity index (χ1) is 15.1. The number of nitrogens with zero attached hydrogens (tertiary/aromatic N) is 1. The maximum Gasteiger partial charge on any atom is 0.238 e. The first-order valence-electron chi connectivity index (χ1n) is 9.16. The van der Waals surface area contributed by atoms with Crippen molar-refractivity contribution in [2.24, 2.45) is 5.14 Å². The van der Waals surface area contributed by atoms with E-state index in [1.54, 1.807) is 36.4 Å². The highest BCUT2D eigenvalue weighted by Gasteiger charge is 2.14. The summed E-state index contributed by atoms with van der Waals surface area (Å²) in [7, 11) is -3.89. The Bertz CT molecular complexity index is 1350. The van der Waals surface area contributed by atoms with Crippen LogP contribution in [0.25, 0.3) is 0 Å². The third kappa shape index (κ3) is 5.87. The Morgan fingerprint density at radius 2 is 1.88 bits per heavy atom. The van der Waals surface area contributed by atoms with Gasteiger partial charge in [-0.25, -0.2) is 13.6 Å². The summed E-state index contributed by atoms with van der Waals surface area (Å²) in [6.07, 6.45) is 0.0576. The second-order valence-electron chi connectivity index (χ2n) is 6.87. The zero-order chi connectivity index (χ0) is 23.5. The summed E-state index contributed by atoms with van der Waals surface area (Å²) in [5.41, 5.74) is 2.37. The summed E-state index contributed by atoms with van der Waals surface area (Å²) < 4.78 is 29.3. The molecule has 0 spiro atoms. The molecule has 0 fully saturated rings. The summed E-state index contributed by atoms with van der Waals surface area (Å²) >= 11 is 9.51. The van der Waals surface area contributed by atoms with Crippen LogP contribution >= 0.6 is 27.5 Å². The molecule has 1 amide bonds. The van der Waals surface area contributed by atoms with Crippen LogP contribution in [0.1, 0.15) is 16.7 Å². The van der Waals surface area contributed by atoms with E-state index in [2.05, 4.69) is 27.3 Å². The van der Waals surface area contributed by atoms with Gasteiger partial charge in [0.15, 0.2) is 0 Å². The number of hydrogen-bond donors (Lipinski definition) is 2. The molecule has 0 atom stereocenters. The quantitative estimate of drug-likeness (QED) is 0.465. The van der Waals surface area contributed by atoms with E-state index < -0.39 is 10.0 Å². The molecule has 0 saturated carbocycles. The number of anilines is 1. The molecule has 0 heterocycles. The molecule has 0 unspecified atom stereocenters. The molecule has 0 radical (unpaired) electrons. The second-order valence-corrected chi connectivity index (χ2v) is 9.69. The van der Waals surface area contributed by atoms with E-state index in [-0.39, 0.29) is 27.9 Å². The fourth-order valence-corrected chi connectivity index (χ4v) is 4.18. The van der Waals surface area contributed by atoms with E-state index in [1.165, 1.54) is 18.2 Å². The molecule has 164 valence electrons. The Morgan fingerprint density at radius 3 is 2.47 bits per heavy atom. The van der Waals surface area contributed by atoms with Gasteiger partial charge >= 0.3 is 0 Å². The number of amides is 1. The topological polar surface area (TPSA) is 122 Å². The highest BCUT2D eigenvalue weighted by Crippen LogP contribution is 2.33. The molecule has 0 aliphatic heterocycles. The molecule has 10 heteroatoms. The van der Waals surface area contributed by atoms with Crippen LogP contribution < -0.4 is 15.2 Å². The normalized spacial score (nSPS) is 11.0. The van der Waals surface area contributed by atoms with E-state index in [4.69, 9.17) is 26.7 Å². The summed E-state index contributed by atoms with van der Waals surface area (Å²) in [6.45, 7) is 1.85. The number of carbonyl (C=O) groups excluding carboxylic acids is 1. The number of carbonyl (C=O) groups is 1. The third-order valence-corrected chi connectivity index (χ3v) is 6.27. The van der Waals surface area contributed by atoms with Gasteiger partial charge in [0.1, 0.15) is 11.5 Å². The minimum absolute atomic E-state index is 0.0576. The van der Waals surface area contributed by atoms with E-state index in [1.807, 2.05) is 6.92 Å². The van der Waals surface area contributed by atoms with Gasteiger partial charge in [0.2, 0.25) is 15.9 Å². The number of ether oxygens (including phenoxy) is 1. The Morgan fingerprint density at radius 1 is 1.16 bits per heavy atom. The number of nitrogens with two attached hydrogens (primary N) is 1. The van der Waals surface area contributed by atoms with Gasteiger partial charge in [-0.05, 0) is 82.5 Å². The fraction of sp³-hybridized carbons (Fsp3) is 0.0909. The Hall–Kier alpha value is -2.90. The molecule has 3 rings (SSSR count). The van der Waals surface area contributed by atoms with Crippen LogP contribution in [0.3, 0.4) is 0 Å². The highest BCUT2D eigenvalue weighted by atomic mass is 79.9. The van der Waals surface area contributed by atoms with Crippen molar-refractivity contribution in [2.45, 2.75) is 18.2 Å². The maximum absolute atomic E-state index is 12.4. The van der Waals surface area contributed by atoms with Crippen LogP contribution in [0.5, 0.6) is 11.5 Å². The Balaban J connectivity index is 1.69. The van der Waals surface area contributed by atoms with Gasteiger partial charge < -0.3 is 10.1 Å². The number of nitriles is 1. The predicted octanol–water partition coefficient (Wildman–Crippen LogP) is 4.90. The number of nitrogens with one attached hydrogen (secondary N) is 1. The Kier molecular flexibility index (Phi) is 7.21. The first-order valence-corrected chi connectivity index (χ1v) is 11.9. The number of hydrogen-bond acceptors (Lipinski definition) is 5. The lowest BCUT2D eigenvalue weighted by atomic mass is 10.1. The number of aryl methyl sites for hydroxylation is 1. The number of halogens is 2. The predicted molar refractivity (Wildman–Crippen MR) is 125 cm³/mol. The maximum atomic E-state index is 12.4. The second kappa shape index (κ2) is 9.71. The van der Waals surface area contributed by atoms with Gasteiger partial charge in [0, 0.05) is 0 Å². The van der Waals surface area contributed by atoms with E-state index in [0.29, 0.717) is 21.5 Å². The molecule has 32 heavy (non-hydrogen) atoms. The summed E-state index contributed by atoms with van der Waals surface area (Å²) in [5.74, 6) is 0.843. The van der Waals surface area contributed by atoms with E-state index in [0.717, 1.165) is 11.1 Å². The summed E-state index contributed by atoms with van der Waals surface area (Å²) in [6, 6.07) is 16.3. The zero-order valence-electron chi connectivity index (χ0n) is 16.7. The third-order valence-electron chi connectivity index (χ3n) is 4.43. The lowest BCUT2D eigenvalue weighted by molar-refractivity contribution is -0.115. The SMILES string of the molecule is Cc1cc(C#N)ccc1Oc1ccc(CC(=O)Nc2ccc(S(N)(=O)=O)cc2Cl)cc1Br. The van der Waals surface area contributed by atoms with Gasteiger partial charge in [-0.1, -0.05) is 17.7 Å². The van der Waals surface area contributed by atoms with Crippen molar-refractivity contribution in [1.29, 1.82) is 5.26 Å². The summed E-state index contributed by atoms with van der Waals surface area (Å²) in [5, 5.41) is 16.8. The zero-order valence-corrected chi connectivity index (χ0v) is 19.9. The largest absolute Gasteiger partial charge is 0.456 e. The Labute approximate surface area is 198 Å². The van der Waals surface area contributed by atoms with Crippen molar-refractivity contribution in [1.82, 2.24) is 0 Å². The minimum Gasteiger partial charge on any atom is -0.456 e. The highest BCUT2D eigenvalue weighted by molar-refractivity contribution is 9.10. The van der Waals surface area contributed by atoms with Crippen molar-refractivity contribution in [3.8, 4) is 17.6 Å².